The maximum Gasteiger partial charge on any atom is 0.277 e. The van der Waals surface area contributed by atoms with E-state index >= 15 is 0 Å². The molecule has 4 aromatic rings. The summed E-state index contributed by atoms with van der Waals surface area (Å²) in [5.41, 5.74) is 2.79. The summed E-state index contributed by atoms with van der Waals surface area (Å²) in [5, 5.41) is 12.6. The van der Waals surface area contributed by atoms with Gasteiger partial charge in [-0.2, -0.15) is 4.98 Å². The van der Waals surface area contributed by atoms with E-state index < -0.39 is 0 Å². The van der Waals surface area contributed by atoms with Crippen molar-refractivity contribution in [1.29, 1.82) is 0 Å². The fraction of sp³-hybridized carbons (Fsp3) is 0.200. The van der Waals surface area contributed by atoms with Crippen LogP contribution in [-0.2, 0) is 5.75 Å². The molecule has 148 valence electrons. The van der Waals surface area contributed by atoms with Gasteiger partial charge in [-0.25, -0.2) is 0 Å². The van der Waals surface area contributed by atoms with Gasteiger partial charge in [0.25, 0.3) is 5.22 Å². The Morgan fingerprint density at radius 2 is 1.66 bits per heavy atom. The highest BCUT2D eigenvalue weighted by Gasteiger charge is 2.14. The van der Waals surface area contributed by atoms with Crippen LogP contribution in [0, 0.1) is 6.92 Å². The van der Waals surface area contributed by atoms with Crippen LogP contribution in [0.2, 0.25) is 0 Å². The molecule has 2 heterocycles. The van der Waals surface area contributed by atoms with Crippen molar-refractivity contribution < 1.29 is 18.4 Å². The molecule has 9 heteroatoms. The lowest BCUT2D eigenvalue weighted by atomic mass is 10.1. The van der Waals surface area contributed by atoms with Gasteiger partial charge in [-0.15, -0.1) is 10.2 Å². The summed E-state index contributed by atoms with van der Waals surface area (Å²) in [5.74, 6) is 3.10. The summed E-state index contributed by atoms with van der Waals surface area (Å²) in [6.45, 7) is 2.03. The van der Waals surface area contributed by atoms with Crippen molar-refractivity contribution in [2.24, 2.45) is 0 Å². The number of aryl methyl sites for hydroxylation is 1. The molecular formula is C20H18N4O4S. The number of nitrogens with zero attached hydrogens (tertiary/aromatic N) is 4. The van der Waals surface area contributed by atoms with E-state index in [0.29, 0.717) is 45.6 Å². The van der Waals surface area contributed by atoms with Crippen molar-refractivity contribution in [2.45, 2.75) is 17.9 Å². The first-order chi connectivity index (χ1) is 14.1. The van der Waals surface area contributed by atoms with Gasteiger partial charge in [0, 0.05) is 17.2 Å². The third-order valence-electron chi connectivity index (χ3n) is 4.10. The van der Waals surface area contributed by atoms with Crippen molar-refractivity contribution in [3.8, 4) is 34.3 Å². The van der Waals surface area contributed by atoms with Gasteiger partial charge in [0.2, 0.25) is 17.6 Å². The molecule has 0 unspecified atom stereocenters. The van der Waals surface area contributed by atoms with Crippen LogP contribution in [0.3, 0.4) is 0 Å². The van der Waals surface area contributed by atoms with Crippen molar-refractivity contribution in [3.05, 3.63) is 53.9 Å². The molecule has 0 spiro atoms. The van der Waals surface area contributed by atoms with Gasteiger partial charge in [-0.3, -0.25) is 0 Å². The smallest absolute Gasteiger partial charge is 0.277 e. The number of methoxy groups -OCH3 is 2. The highest BCUT2D eigenvalue weighted by molar-refractivity contribution is 7.98. The standard InChI is InChI=1S/C20H18N4O4S/c1-12-4-6-13(7-5-12)18-21-17(28-24-18)11-29-20-23-22-19(27-20)14-8-15(25-2)10-16(9-14)26-3/h4-10H,11H2,1-3H3. The topological polar surface area (TPSA) is 96.3 Å². The van der Waals surface area contributed by atoms with Crippen LogP contribution in [0.5, 0.6) is 11.5 Å². The van der Waals surface area contributed by atoms with Gasteiger partial charge in [0.1, 0.15) is 11.5 Å². The number of rotatable bonds is 7. The van der Waals surface area contributed by atoms with Gasteiger partial charge >= 0.3 is 0 Å². The van der Waals surface area contributed by atoms with E-state index in [1.54, 1.807) is 32.4 Å². The number of ether oxygens (including phenoxy) is 2. The molecule has 29 heavy (non-hydrogen) atoms. The molecule has 2 aromatic carbocycles. The summed E-state index contributed by atoms with van der Waals surface area (Å²) < 4.78 is 21.6. The van der Waals surface area contributed by atoms with Crippen LogP contribution in [0.1, 0.15) is 11.5 Å². The molecule has 0 atom stereocenters. The quantitative estimate of drug-likeness (QED) is 0.411. The van der Waals surface area contributed by atoms with Gasteiger partial charge in [-0.1, -0.05) is 46.7 Å². The molecule has 0 aliphatic carbocycles. The van der Waals surface area contributed by atoms with Gasteiger partial charge < -0.3 is 18.4 Å². The normalized spacial score (nSPS) is 10.9. The van der Waals surface area contributed by atoms with E-state index in [2.05, 4.69) is 20.3 Å². The molecule has 0 amide bonds. The van der Waals surface area contributed by atoms with E-state index in [9.17, 15) is 0 Å². The maximum atomic E-state index is 5.73. The average Bonchev–Trinajstić information content (AvgIpc) is 3.42. The number of hydrogen-bond acceptors (Lipinski definition) is 9. The molecule has 0 bridgehead atoms. The fourth-order valence-electron chi connectivity index (χ4n) is 2.57. The second-order valence-corrected chi connectivity index (χ2v) is 7.07. The maximum absolute atomic E-state index is 5.73. The molecule has 4 rings (SSSR count). The van der Waals surface area contributed by atoms with Crippen molar-refractivity contribution in [1.82, 2.24) is 20.3 Å². The summed E-state index contributed by atoms with van der Waals surface area (Å²) in [4.78, 5) is 4.41. The van der Waals surface area contributed by atoms with Gasteiger partial charge in [-0.05, 0) is 19.1 Å². The molecule has 0 N–H and O–H groups in total. The second-order valence-electron chi connectivity index (χ2n) is 6.14. The summed E-state index contributed by atoms with van der Waals surface area (Å²) in [6.07, 6.45) is 0. The van der Waals surface area contributed by atoms with Gasteiger partial charge in [0.05, 0.1) is 20.0 Å². The zero-order chi connectivity index (χ0) is 20.2. The predicted octanol–water partition coefficient (Wildman–Crippen LogP) is 4.40. The fourth-order valence-corrected chi connectivity index (χ4v) is 3.17. The van der Waals surface area contributed by atoms with Crippen LogP contribution in [0.15, 0.2) is 56.6 Å². The molecule has 0 aliphatic rings. The molecule has 0 aliphatic heterocycles. The second kappa shape index (κ2) is 8.36. The van der Waals surface area contributed by atoms with E-state index in [-0.39, 0.29) is 0 Å². The zero-order valence-corrected chi connectivity index (χ0v) is 16.9. The molecule has 2 aromatic heterocycles. The first-order valence-electron chi connectivity index (χ1n) is 8.74. The predicted molar refractivity (Wildman–Crippen MR) is 107 cm³/mol. The summed E-state index contributed by atoms with van der Waals surface area (Å²) in [6, 6.07) is 13.3. The third kappa shape index (κ3) is 4.40. The largest absolute Gasteiger partial charge is 0.497 e. The molecule has 0 radical (unpaired) electrons. The van der Waals surface area contributed by atoms with E-state index in [4.69, 9.17) is 18.4 Å². The minimum atomic E-state index is 0.371. The van der Waals surface area contributed by atoms with Gasteiger partial charge in [0.15, 0.2) is 0 Å². The number of hydrogen-bond donors (Lipinski definition) is 0. The van der Waals surface area contributed by atoms with Crippen molar-refractivity contribution >= 4 is 11.8 Å². The Morgan fingerprint density at radius 1 is 0.931 bits per heavy atom. The minimum absolute atomic E-state index is 0.371. The third-order valence-corrected chi connectivity index (χ3v) is 4.91. The zero-order valence-electron chi connectivity index (χ0n) is 16.1. The lowest BCUT2D eigenvalue weighted by molar-refractivity contribution is 0.390. The van der Waals surface area contributed by atoms with Crippen LogP contribution in [0.4, 0.5) is 0 Å². The lowest BCUT2D eigenvalue weighted by Crippen LogP contribution is -1.88. The van der Waals surface area contributed by atoms with Crippen molar-refractivity contribution in [2.75, 3.05) is 14.2 Å². The van der Waals surface area contributed by atoms with Crippen LogP contribution in [-0.4, -0.2) is 34.6 Å². The van der Waals surface area contributed by atoms with Crippen molar-refractivity contribution in [3.63, 3.8) is 0 Å². The highest BCUT2D eigenvalue weighted by atomic mass is 32.2. The molecule has 0 fully saturated rings. The van der Waals surface area contributed by atoms with E-state index in [1.165, 1.54) is 17.3 Å². The molecule has 0 saturated carbocycles. The highest BCUT2D eigenvalue weighted by Crippen LogP contribution is 2.31. The molecule has 0 saturated heterocycles. The number of benzene rings is 2. The Bertz CT molecular complexity index is 1090. The summed E-state index contributed by atoms with van der Waals surface area (Å²) in [7, 11) is 3.17. The first kappa shape index (κ1) is 19.0. The Balaban J connectivity index is 1.44. The van der Waals surface area contributed by atoms with E-state index in [1.807, 2.05) is 31.2 Å². The lowest BCUT2D eigenvalue weighted by Gasteiger charge is -2.05. The van der Waals surface area contributed by atoms with Crippen LogP contribution >= 0.6 is 11.8 Å². The Kier molecular flexibility index (Phi) is 5.48. The Morgan fingerprint density at radius 3 is 2.34 bits per heavy atom. The SMILES string of the molecule is COc1cc(OC)cc(-c2nnc(SCc3nc(-c4ccc(C)cc4)no3)o2)c1. The molecule has 8 nitrogen and oxygen atoms in total. The van der Waals surface area contributed by atoms with Crippen LogP contribution in [0.25, 0.3) is 22.8 Å². The average molecular weight is 410 g/mol. The van der Waals surface area contributed by atoms with Crippen LogP contribution < -0.4 is 9.47 Å². The Hall–Kier alpha value is -3.33. The Labute approximate surface area is 171 Å². The molecular weight excluding hydrogens is 392 g/mol. The monoisotopic (exact) mass is 410 g/mol. The number of thioether (sulfide) groups is 1. The van der Waals surface area contributed by atoms with E-state index in [0.717, 1.165) is 5.56 Å². The summed E-state index contributed by atoms with van der Waals surface area (Å²) >= 11 is 1.32. The minimum Gasteiger partial charge on any atom is -0.497 e. The first-order valence-corrected chi connectivity index (χ1v) is 9.72. The number of aromatic nitrogens is 4.